The summed E-state index contributed by atoms with van der Waals surface area (Å²) < 4.78 is 20.3. The number of aryl methyl sites for hydroxylation is 1. The van der Waals surface area contributed by atoms with E-state index in [1.807, 2.05) is 0 Å². The van der Waals surface area contributed by atoms with E-state index in [4.69, 9.17) is 18.9 Å². The summed E-state index contributed by atoms with van der Waals surface area (Å²) in [5.74, 6) is -2.65. The Balaban J connectivity index is 2.01. The van der Waals surface area contributed by atoms with E-state index in [9.17, 15) is 24.0 Å². The third-order valence-corrected chi connectivity index (χ3v) is 5.57. The third kappa shape index (κ3) is 8.43. The SMILES string of the molecule is CCOC(=O)C(CCc1ccc(C(=O)COC(=O)Cc2ccc(OC)cc2)cc1)(NC(C)=O)C(=O)OCC. The average Bonchev–Trinajstić information content (AvgIpc) is 2.90. The summed E-state index contributed by atoms with van der Waals surface area (Å²) in [6.07, 6.45) is 0.108. The highest BCUT2D eigenvalue weighted by atomic mass is 16.6. The van der Waals surface area contributed by atoms with Crippen LogP contribution in [-0.4, -0.2) is 62.1 Å². The number of Topliss-reactive ketones (excluding diaryl/α,β-unsaturated/α-hetero) is 1. The van der Waals surface area contributed by atoms with Crippen molar-refractivity contribution < 1.29 is 42.9 Å². The van der Waals surface area contributed by atoms with Gasteiger partial charge in [0.2, 0.25) is 11.4 Å². The van der Waals surface area contributed by atoms with Crippen LogP contribution in [0.25, 0.3) is 0 Å². The van der Waals surface area contributed by atoms with E-state index < -0.39 is 36.0 Å². The molecule has 1 N–H and O–H groups in total. The second kappa shape index (κ2) is 14.5. The fourth-order valence-electron chi connectivity index (χ4n) is 3.64. The van der Waals surface area contributed by atoms with E-state index in [-0.39, 0.29) is 38.3 Å². The van der Waals surface area contributed by atoms with E-state index in [0.717, 1.165) is 5.56 Å². The van der Waals surface area contributed by atoms with E-state index >= 15 is 0 Å². The van der Waals surface area contributed by atoms with Gasteiger partial charge in [0.1, 0.15) is 5.75 Å². The number of ketones is 1. The van der Waals surface area contributed by atoms with Crippen LogP contribution in [0.4, 0.5) is 0 Å². The van der Waals surface area contributed by atoms with Crippen molar-refractivity contribution in [1.29, 1.82) is 0 Å². The Hall–Kier alpha value is -4.21. The van der Waals surface area contributed by atoms with Gasteiger partial charge in [0, 0.05) is 12.5 Å². The molecule has 0 saturated heterocycles. The summed E-state index contributed by atoms with van der Waals surface area (Å²) in [6, 6.07) is 13.4. The van der Waals surface area contributed by atoms with Crippen LogP contribution in [-0.2, 0) is 46.2 Å². The minimum absolute atomic E-state index is 0.0149. The molecule has 0 saturated carbocycles. The predicted octanol–water partition coefficient (Wildman–Crippen LogP) is 2.60. The number of carbonyl (C=O) groups excluding carboxylic acids is 5. The smallest absolute Gasteiger partial charge is 0.343 e. The van der Waals surface area contributed by atoms with Crippen molar-refractivity contribution in [2.24, 2.45) is 0 Å². The first-order valence-corrected chi connectivity index (χ1v) is 12.2. The van der Waals surface area contributed by atoms with Gasteiger partial charge in [-0.05, 0) is 49.9 Å². The summed E-state index contributed by atoms with van der Waals surface area (Å²) in [6.45, 7) is 3.99. The Kier molecular flexibility index (Phi) is 11.5. The standard InChI is InChI=1S/C28H33NO9/c1-5-36-26(33)28(29-19(3)30,27(34)37-6-2)16-15-20-7-11-22(12-8-20)24(31)18-38-25(32)17-21-9-13-23(35-4)14-10-21/h7-14H,5-6,15-18H2,1-4H3,(H,29,30). The van der Waals surface area contributed by atoms with Crippen molar-refractivity contribution in [3.05, 3.63) is 65.2 Å². The number of ether oxygens (including phenoxy) is 4. The van der Waals surface area contributed by atoms with Gasteiger partial charge in [0.25, 0.3) is 0 Å². The highest BCUT2D eigenvalue weighted by Gasteiger charge is 2.49. The number of esters is 3. The number of hydrogen-bond acceptors (Lipinski definition) is 9. The Labute approximate surface area is 221 Å². The van der Waals surface area contributed by atoms with Crippen molar-refractivity contribution in [2.75, 3.05) is 26.9 Å². The number of nitrogens with one attached hydrogen (secondary N) is 1. The molecular formula is C28H33NO9. The molecule has 0 bridgehead atoms. The molecular weight excluding hydrogens is 494 g/mol. The Morgan fingerprint density at radius 3 is 1.84 bits per heavy atom. The van der Waals surface area contributed by atoms with Gasteiger partial charge in [-0.3, -0.25) is 14.4 Å². The highest BCUT2D eigenvalue weighted by molar-refractivity contribution is 6.07. The van der Waals surface area contributed by atoms with Crippen molar-refractivity contribution in [3.8, 4) is 5.75 Å². The average molecular weight is 528 g/mol. The normalized spacial score (nSPS) is 10.7. The van der Waals surface area contributed by atoms with Crippen molar-refractivity contribution in [1.82, 2.24) is 5.32 Å². The van der Waals surface area contributed by atoms with Gasteiger partial charge in [-0.2, -0.15) is 0 Å². The maximum atomic E-state index is 12.7. The van der Waals surface area contributed by atoms with Crippen LogP contribution < -0.4 is 10.1 Å². The largest absolute Gasteiger partial charge is 0.497 e. The molecule has 2 aromatic carbocycles. The number of hydrogen-bond donors (Lipinski definition) is 1. The fraction of sp³-hybridized carbons (Fsp3) is 0.393. The van der Waals surface area contributed by atoms with Crippen LogP contribution in [0.1, 0.15) is 48.7 Å². The van der Waals surface area contributed by atoms with E-state index in [1.165, 1.54) is 6.92 Å². The van der Waals surface area contributed by atoms with Gasteiger partial charge in [0.15, 0.2) is 12.4 Å². The predicted molar refractivity (Wildman–Crippen MR) is 137 cm³/mol. The molecule has 0 unspecified atom stereocenters. The van der Waals surface area contributed by atoms with Crippen molar-refractivity contribution >= 4 is 29.6 Å². The van der Waals surface area contributed by atoms with Crippen LogP contribution >= 0.6 is 0 Å². The van der Waals surface area contributed by atoms with Gasteiger partial charge >= 0.3 is 17.9 Å². The van der Waals surface area contributed by atoms with Crippen molar-refractivity contribution in [2.45, 2.75) is 45.6 Å². The van der Waals surface area contributed by atoms with E-state index in [0.29, 0.717) is 16.9 Å². The fourth-order valence-corrected chi connectivity index (χ4v) is 3.64. The van der Waals surface area contributed by atoms with E-state index in [2.05, 4.69) is 5.32 Å². The molecule has 204 valence electrons. The van der Waals surface area contributed by atoms with Gasteiger partial charge in [-0.15, -0.1) is 0 Å². The molecule has 38 heavy (non-hydrogen) atoms. The highest BCUT2D eigenvalue weighted by Crippen LogP contribution is 2.20. The molecule has 0 spiro atoms. The van der Waals surface area contributed by atoms with Gasteiger partial charge in [0.05, 0.1) is 26.7 Å². The summed E-state index contributed by atoms with van der Waals surface area (Å²) in [5, 5.41) is 2.42. The zero-order valence-electron chi connectivity index (χ0n) is 22.0. The van der Waals surface area contributed by atoms with E-state index in [1.54, 1.807) is 69.5 Å². The Morgan fingerprint density at radius 1 is 0.789 bits per heavy atom. The topological polar surface area (TPSA) is 134 Å². The number of methoxy groups -OCH3 is 1. The van der Waals surface area contributed by atoms with Crippen LogP contribution in [0.3, 0.4) is 0 Å². The Morgan fingerprint density at radius 2 is 1.34 bits per heavy atom. The van der Waals surface area contributed by atoms with Crippen LogP contribution in [0.15, 0.2) is 48.5 Å². The van der Waals surface area contributed by atoms with Crippen LogP contribution in [0.5, 0.6) is 5.75 Å². The second-order valence-corrected chi connectivity index (χ2v) is 8.33. The monoisotopic (exact) mass is 527 g/mol. The minimum atomic E-state index is -2.00. The molecule has 2 rings (SSSR count). The number of amides is 1. The Bertz CT molecular complexity index is 1110. The van der Waals surface area contributed by atoms with Gasteiger partial charge in [-0.1, -0.05) is 36.4 Å². The summed E-state index contributed by atoms with van der Waals surface area (Å²) in [5.41, 5.74) is -0.241. The molecule has 1 amide bonds. The molecule has 0 aromatic heterocycles. The van der Waals surface area contributed by atoms with Crippen LogP contribution in [0.2, 0.25) is 0 Å². The second-order valence-electron chi connectivity index (χ2n) is 8.33. The summed E-state index contributed by atoms with van der Waals surface area (Å²) >= 11 is 0. The summed E-state index contributed by atoms with van der Waals surface area (Å²) in [4.78, 5) is 61.9. The zero-order valence-corrected chi connectivity index (χ0v) is 22.0. The maximum absolute atomic E-state index is 12.7. The number of rotatable bonds is 14. The van der Waals surface area contributed by atoms with Crippen molar-refractivity contribution in [3.63, 3.8) is 0 Å². The molecule has 0 aliphatic heterocycles. The minimum Gasteiger partial charge on any atom is -0.497 e. The van der Waals surface area contributed by atoms with Gasteiger partial charge in [-0.25, -0.2) is 9.59 Å². The lowest BCUT2D eigenvalue weighted by atomic mass is 9.90. The lowest BCUT2D eigenvalue weighted by Crippen LogP contribution is -2.61. The molecule has 0 aliphatic rings. The lowest BCUT2D eigenvalue weighted by Gasteiger charge is -2.29. The summed E-state index contributed by atoms with van der Waals surface area (Å²) in [7, 11) is 1.55. The quantitative estimate of drug-likeness (QED) is 0.170. The molecule has 0 heterocycles. The van der Waals surface area contributed by atoms with Gasteiger partial charge < -0.3 is 24.3 Å². The molecule has 0 aliphatic carbocycles. The van der Waals surface area contributed by atoms with Crippen LogP contribution in [0, 0.1) is 0 Å². The molecule has 2 aromatic rings. The number of benzene rings is 2. The third-order valence-electron chi connectivity index (χ3n) is 5.57. The molecule has 10 heteroatoms. The molecule has 0 atom stereocenters. The first-order valence-electron chi connectivity index (χ1n) is 12.2. The maximum Gasteiger partial charge on any atom is 0.343 e. The first-order chi connectivity index (χ1) is 18.1. The zero-order chi connectivity index (χ0) is 28.1. The molecule has 0 fully saturated rings. The molecule has 10 nitrogen and oxygen atoms in total. The lowest BCUT2D eigenvalue weighted by molar-refractivity contribution is -0.168. The first kappa shape index (κ1) is 30.0. The number of carbonyl (C=O) groups is 5. The molecule has 0 radical (unpaired) electrons.